The van der Waals surface area contributed by atoms with Crippen molar-refractivity contribution in [1.29, 1.82) is 0 Å². The number of hydrogen-bond donors (Lipinski definition) is 1. The van der Waals surface area contributed by atoms with Crippen LogP contribution in [0.3, 0.4) is 0 Å². The molecule has 0 saturated carbocycles. The zero-order valence-corrected chi connectivity index (χ0v) is 10.1. The average molecular weight is 233 g/mol. The fraction of sp³-hybridized carbons (Fsp3) is 0.692. The van der Waals surface area contributed by atoms with Crippen molar-refractivity contribution in [2.24, 2.45) is 0 Å². The Labute approximate surface area is 102 Å². The van der Waals surface area contributed by atoms with E-state index in [9.17, 15) is 0 Å². The van der Waals surface area contributed by atoms with Crippen molar-refractivity contribution in [1.82, 2.24) is 9.97 Å². The lowest BCUT2D eigenvalue weighted by Crippen LogP contribution is -2.21. The van der Waals surface area contributed by atoms with Gasteiger partial charge in [0, 0.05) is 23.8 Å². The highest BCUT2D eigenvalue weighted by molar-refractivity contribution is 5.43. The van der Waals surface area contributed by atoms with Gasteiger partial charge in [0.05, 0.1) is 6.61 Å². The van der Waals surface area contributed by atoms with Crippen LogP contribution in [-0.2, 0) is 17.6 Å². The lowest BCUT2D eigenvalue weighted by molar-refractivity contribution is 0.0780. The maximum Gasteiger partial charge on any atom is 0.136 e. The van der Waals surface area contributed by atoms with Crippen molar-refractivity contribution in [3.63, 3.8) is 0 Å². The van der Waals surface area contributed by atoms with E-state index in [1.54, 1.807) is 0 Å². The van der Waals surface area contributed by atoms with Crippen LogP contribution in [0.4, 0.5) is 5.82 Å². The molecule has 1 aliphatic carbocycles. The first-order valence-electron chi connectivity index (χ1n) is 6.57. The summed E-state index contributed by atoms with van der Waals surface area (Å²) in [5, 5.41) is 0. The summed E-state index contributed by atoms with van der Waals surface area (Å²) >= 11 is 0. The highest BCUT2D eigenvalue weighted by Gasteiger charge is 2.22. The fourth-order valence-corrected chi connectivity index (χ4v) is 2.77. The molecule has 1 aromatic rings. The maximum absolute atomic E-state index is 6.06. The molecule has 92 valence electrons. The van der Waals surface area contributed by atoms with E-state index in [4.69, 9.17) is 15.5 Å². The van der Waals surface area contributed by atoms with Crippen LogP contribution in [0.5, 0.6) is 0 Å². The second-order valence-electron chi connectivity index (χ2n) is 5.01. The number of nitrogen functional groups attached to an aromatic ring is 1. The number of aryl methyl sites for hydroxylation is 1. The van der Waals surface area contributed by atoms with Crippen LogP contribution < -0.4 is 5.73 Å². The number of nitrogens with two attached hydrogens (primary N) is 1. The van der Waals surface area contributed by atoms with Gasteiger partial charge in [-0.1, -0.05) is 0 Å². The van der Waals surface area contributed by atoms with E-state index in [-0.39, 0.29) is 0 Å². The molecule has 2 N–H and O–H groups in total. The molecule has 1 fully saturated rings. The monoisotopic (exact) mass is 233 g/mol. The van der Waals surface area contributed by atoms with E-state index in [0.29, 0.717) is 11.7 Å². The van der Waals surface area contributed by atoms with E-state index >= 15 is 0 Å². The van der Waals surface area contributed by atoms with Gasteiger partial charge in [0.15, 0.2) is 0 Å². The summed E-state index contributed by atoms with van der Waals surface area (Å²) in [6.45, 7) is 1.62. The van der Waals surface area contributed by atoms with Crippen LogP contribution in [0.15, 0.2) is 0 Å². The quantitative estimate of drug-likeness (QED) is 0.804. The molecule has 1 aliphatic heterocycles. The molecule has 1 atom stereocenters. The van der Waals surface area contributed by atoms with Crippen molar-refractivity contribution in [2.75, 3.05) is 18.9 Å². The highest BCUT2D eigenvalue weighted by Crippen LogP contribution is 2.28. The summed E-state index contributed by atoms with van der Waals surface area (Å²) in [5.41, 5.74) is 8.43. The molecule has 2 aliphatic rings. The van der Waals surface area contributed by atoms with E-state index in [1.165, 1.54) is 24.1 Å². The van der Waals surface area contributed by atoms with Crippen LogP contribution >= 0.6 is 0 Å². The first-order chi connectivity index (χ1) is 8.34. The zero-order chi connectivity index (χ0) is 11.7. The smallest absolute Gasteiger partial charge is 0.136 e. The van der Waals surface area contributed by atoms with E-state index < -0.39 is 0 Å². The van der Waals surface area contributed by atoms with Crippen LogP contribution in [0, 0.1) is 0 Å². The third kappa shape index (κ3) is 2.14. The van der Waals surface area contributed by atoms with Crippen LogP contribution in [0.2, 0.25) is 0 Å². The molecule has 4 nitrogen and oxygen atoms in total. The van der Waals surface area contributed by atoms with Gasteiger partial charge in [-0.2, -0.15) is 0 Å². The van der Waals surface area contributed by atoms with Gasteiger partial charge in [-0.05, 0) is 38.5 Å². The van der Waals surface area contributed by atoms with Crippen LogP contribution in [-0.4, -0.2) is 23.2 Å². The summed E-state index contributed by atoms with van der Waals surface area (Å²) in [6.07, 6.45) is 6.77. The van der Waals surface area contributed by atoms with Crippen molar-refractivity contribution >= 4 is 5.82 Å². The molecule has 1 saturated heterocycles. The summed E-state index contributed by atoms with van der Waals surface area (Å²) in [4.78, 5) is 9.22. The minimum atomic E-state index is 0.346. The Morgan fingerprint density at radius 1 is 1.12 bits per heavy atom. The molecule has 0 amide bonds. The van der Waals surface area contributed by atoms with Gasteiger partial charge in [0.2, 0.25) is 0 Å². The van der Waals surface area contributed by atoms with E-state index in [2.05, 4.69) is 4.98 Å². The minimum absolute atomic E-state index is 0.346. The van der Waals surface area contributed by atoms with Crippen LogP contribution in [0.1, 0.15) is 48.7 Å². The van der Waals surface area contributed by atoms with Crippen molar-refractivity contribution in [3.8, 4) is 0 Å². The molecular formula is C13H19N3O. The third-order valence-electron chi connectivity index (χ3n) is 3.76. The molecule has 1 aromatic heterocycles. The normalized spacial score (nSPS) is 24.4. The molecule has 4 heteroatoms. The molecule has 1 unspecified atom stereocenters. The van der Waals surface area contributed by atoms with Gasteiger partial charge in [0.1, 0.15) is 11.6 Å². The molecule has 0 bridgehead atoms. The summed E-state index contributed by atoms with van der Waals surface area (Å²) in [6, 6.07) is 0. The predicted octanol–water partition coefficient (Wildman–Crippen LogP) is 1.83. The van der Waals surface area contributed by atoms with Gasteiger partial charge >= 0.3 is 0 Å². The number of aromatic nitrogens is 2. The van der Waals surface area contributed by atoms with Gasteiger partial charge in [-0.15, -0.1) is 0 Å². The minimum Gasteiger partial charge on any atom is -0.383 e. The molecule has 17 heavy (non-hydrogen) atoms. The Hall–Kier alpha value is -1.16. The number of rotatable bonds is 1. The van der Waals surface area contributed by atoms with Crippen molar-refractivity contribution in [2.45, 2.75) is 44.4 Å². The van der Waals surface area contributed by atoms with E-state index in [0.717, 1.165) is 44.7 Å². The second kappa shape index (κ2) is 4.61. The molecule has 3 rings (SSSR count). The molecular weight excluding hydrogens is 214 g/mol. The molecule has 0 aromatic carbocycles. The summed E-state index contributed by atoms with van der Waals surface area (Å²) in [7, 11) is 0. The average Bonchev–Trinajstić information content (AvgIpc) is 2.40. The van der Waals surface area contributed by atoms with Crippen LogP contribution in [0.25, 0.3) is 0 Å². The Morgan fingerprint density at radius 2 is 2.00 bits per heavy atom. The molecule has 2 heterocycles. The zero-order valence-electron chi connectivity index (χ0n) is 10.1. The van der Waals surface area contributed by atoms with Crippen molar-refractivity contribution in [3.05, 3.63) is 17.1 Å². The topological polar surface area (TPSA) is 61.0 Å². The molecule has 0 spiro atoms. The van der Waals surface area contributed by atoms with Gasteiger partial charge in [-0.3, -0.25) is 0 Å². The second-order valence-corrected chi connectivity index (χ2v) is 5.01. The third-order valence-corrected chi connectivity index (χ3v) is 3.76. The number of ether oxygens (including phenoxy) is 1. The first kappa shape index (κ1) is 11.0. The SMILES string of the molecule is Nc1nc(C2CCCOC2)nc2c1CCCC2. The Balaban J connectivity index is 1.92. The lowest BCUT2D eigenvalue weighted by Gasteiger charge is -2.23. The van der Waals surface area contributed by atoms with Gasteiger partial charge in [-0.25, -0.2) is 9.97 Å². The van der Waals surface area contributed by atoms with Crippen molar-refractivity contribution < 1.29 is 4.74 Å². The number of hydrogen-bond acceptors (Lipinski definition) is 4. The standard InChI is InChI=1S/C13H19N3O/c14-12-10-5-1-2-6-11(10)15-13(16-12)9-4-3-7-17-8-9/h9H,1-8H2,(H2,14,15,16). The Bertz CT molecular complexity index is 413. The Morgan fingerprint density at radius 3 is 2.82 bits per heavy atom. The van der Waals surface area contributed by atoms with E-state index in [1.807, 2.05) is 0 Å². The predicted molar refractivity (Wildman–Crippen MR) is 65.9 cm³/mol. The van der Waals surface area contributed by atoms with Gasteiger partial charge < -0.3 is 10.5 Å². The maximum atomic E-state index is 6.06. The number of anilines is 1. The fourth-order valence-electron chi connectivity index (χ4n) is 2.77. The largest absolute Gasteiger partial charge is 0.383 e. The Kier molecular flexibility index (Phi) is 2.97. The number of fused-ring (bicyclic) bond motifs is 1. The lowest BCUT2D eigenvalue weighted by atomic mass is 9.95. The number of nitrogens with zero attached hydrogens (tertiary/aromatic N) is 2. The summed E-state index contributed by atoms with van der Waals surface area (Å²) < 4.78 is 5.50. The molecule has 0 radical (unpaired) electrons. The summed E-state index contributed by atoms with van der Waals surface area (Å²) in [5.74, 6) is 1.96. The highest BCUT2D eigenvalue weighted by atomic mass is 16.5. The first-order valence-corrected chi connectivity index (χ1v) is 6.57. The van der Waals surface area contributed by atoms with Gasteiger partial charge in [0.25, 0.3) is 0 Å².